The molecule has 1 aliphatic carbocycles. The Balaban J connectivity index is 1.61. The van der Waals surface area contributed by atoms with Crippen molar-refractivity contribution in [1.82, 2.24) is 5.32 Å². The number of hydrogen-bond acceptors (Lipinski definition) is 2. The Morgan fingerprint density at radius 2 is 2.11 bits per heavy atom. The maximum Gasteiger partial charge on any atom is 0.141 e. The molecule has 0 spiro atoms. The minimum atomic E-state index is -0.370. The highest BCUT2D eigenvalue weighted by atomic mass is 35.5. The van der Waals surface area contributed by atoms with Gasteiger partial charge in [-0.3, -0.25) is 0 Å². The third-order valence-corrected chi connectivity index (χ3v) is 3.54. The van der Waals surface area contributed by atoms with Gasteiger partial charge < -0.3 is 10.1 Å². The third kappa shape index (κ3) is 4.23. The van der Waals surface area contributed by atoms with E-state index in [1.165, 1.54) is 31.7 Å². The van der Waals surface area contributed by atoms with Crippen LogP contribution in [-0.2, 0) is 11.3 Å². The summed E-state index contributed by atoms with van der Waals surface area (Å²) in [6.45, 7) is 2.24. The predicted molar refractivity (Wildman–Crippen MR) is 71.3 cm³/mol. The van der Waals surface area contributed by atoms with Gasteiger partial charge in [0.1, 0.15) is 5.82 Å². The van der Waals surface area contributed by atoms with Gasteiger partial charge >= 0.3 is 0 Å². The van der Waals surface area contributed by atoms with E-state index in [0.29, 0.717) is 12.6 Å². The first-order valence-electron chi connectivity index (χ1n) is 6.52. The van der Waals surface area contributed by atoms with Crippen LogP contribution in [0.15, 0.2) is 18.2 Å². The van der Waals surface area contributed by atoms with E-state index in [1.807, 2.05) is 0 Å². The van der Waals surface area contributed by atoms with Gasteiger partial charge in [-0.25, -0.2) is 4.39 Å². The van der Waals surface area contributed by atoms with Gasteiger partial charge in [-0.05, 0) is 30.5 Å². The number of ether oxygens (including phenoxy) is 1. The van der Waals surface area contributed by atoms with Gasteiger partial charge in [-0.2, -0.15) is 0 Å². The van der Waals surface area contributed by atoms with Crippen molar-refractivity contribution in [2.24, 2.45) is 0 Å². The summed E-state index contributed by atoms with van der Waals surface area (Å²) in [4.78, 5) is 0. The van der Waals surface area contributed by atoms with E-state index in [4.69, 9.17) is 16.3 Å². The Hall–Kier alpha value is -0.640. The maximum absolute atomic E-state index is 12.9. The van der Waals surface area contributed by atoms with Crippen molar-refractivity contribution in [3.05, 3.63) is 34.6 Å². The van der Waals surface area contributed by atoms with Crippen LogP contribution >= 0.6 is 11.6 Å². The largest absolute Gasteiger partial charge is 0.377 e. The third-order valence-electron chi connectivity index (χ3n) is 3.25. The maximum atomic E-state index is 12.9. The first kappa shape index (κ1) is 13.8. The van der Waals surface area contributed by atoms with Crippen LogP contribution < -0.4 is 5.32 Å². The van der Waals surface area contributed by atoms with Gasteiger partial charge in [-0.1, -0.05) is 30.5 Å². The van der Waals surface area contributed by atoms with E-state index in [0.717, 1.165) is 18.7 Å². The number of halogens is 2. The standard InChI is InChI=1S/C14H19ClFNO/c15-13-9-11(5-6-14(13)16)10-17-7-8-18-12-3-1-2-4-12/h5-6,9,12,17H,1-4,7-8,10H2. The van der Waals surface area contributed by atoms with Crippen molar-refractivity contribution >= 4 is 11.6 Å². The molecule has 2 rings (SSSR count). The highest BCUT2D eigenvalue weighted by molar-refractivity contribution is 6.30. The first-order valence-corrected chi connectivity index (χ1v) is 6.90. The molecule has 1 aromatic rings. The summed E-state index contributed by atoms with van der Waals surface area (Å²) in [5.74, 6) is -0.370. The molecular formula is C14H19ClFNO. The second kappa shape index (κ2) is 7.07. The average Bonchev–Trinajstić information content (AvgIpc) is 2.86. The van der Waals surface area contributed by atoms with Crippen LogP contribution in [0.4, 0.5) is 4.39 Å². The van der Waals surface area contributed by atoms with Crippen molar-refractivity contribution in [3.63, 3.8) is 0 Å². The van der Waals surface area contributed by atoms with E-state index in [2.05, 4.69) is 5.32 Å². The van der Waals surface area contributed by atoms with E-state index in [9.17, 15) is 4.39 Å². The molecule has 1 N–H and O–H groups in total. The molecule has 1 aliphatic rings. The molecule has 0 amide bonds. The van der Waals surface area contributed by atoms with E-state index in [1.54, 1.807) is 12.1 Å². The van der Waals surface area contributed by atoms with Crippen LogP contribution in [0.5, 0.6) is 0 Å². The van der Waals surface area contributed by atoms with E-state index >= 15 is 0 Å². The van der Waals surface area contributed by atoms with E-state index < -0.39 is 0 Å². The van der Waals surface area contributed by atoms with Crippen molar-refractivity contribution in [2.45, 2.75) is 38.3 Å². The van der Waals surface area contributed by atoms with E-state index in [-0.39, 0.29) is 10.8 Å². The fourth-order valence-electron chi connectivity index (χ4n) is 2.24. The van der Waals surface area contributed by atoms with Gasteiger partial charge in [-0.15, -0.1) is 0 Å². The van der Waals surface area contributed by atoms with Crippen molar-refractivity contribution in [3.8, 4) is 0 Å². The summed E-state index contributed by atoms with van der Waals surface area (Å²) < 4.78 is 18.7. The highest BCUT2D eigenvalue weighted by Crippen LogP contribution is 2.20. The lowest BCUT2D eigenvalue weighted by molar-refractivity contribution is 0.0603. The summed E-state index contributed by atoms with van der Waals surface area (Å²) in [6, 6.07) is 4.79. The molecule has 0 aromatic heterocycles. The van der Waals surface area contributed by atoms with Gasteiger partial charge in [0.15, 0.2) is 0 Å². The van der Waals surface area contributed by atoms with Gasteiger partial charge in [0.25, 0.3) is 0 Å². The predicted octanol–water partition coefficient (Wildman–Crippen LogP) is 3.53. The molecule has 0 unspecified atom stereocenters. The lowest BCUT2D eigenvalue weighted by atomic mass is 10.2. The molecule has 0 saturated heterocycles. The summed E-state index contributed by atoms with van der Waals surface area (Å²) in [5.41, 5.74) is 0.988. The van der Waals surface area contributed by atoms with Crippen LogP contribution in [0.2, 0.25) is 5.02 Å². The Labute approximate surface area is 112 Å². The zero-order valence-corrected chi connectivity index (χ0v) is 11.2. The molecular weight excluding hydrogens is 253 g/mol. The van der Waals surface area contributed by atoms with Crippen LogP contribution in [-0.4, -0.2) is 19.3 Å². The zero-order valence-electron chi connectivity index (χ0n) is 10.4. The Morgan fingerprint density at radius 3 is 2.83 bits per heavy atom. The SMILES string of the molecule is Fc1ccc(CNCCOC2CCCC2)cc1Cl. The molecule has 0 heterocycles. The zero-order chi connectivity index (χ0) is 12.8. The molecule has 0 radical (unpaired) electrons. The van der Waals surface area contributed by atoms with Crippen LogP contribution in [0, 0.1) is 5.82 Å². The second-order valence-electron chi connectivity index (χ2n) is 4.70. The molecule has 0 aliphatic heterocycles. The molecule has 18 heavy (non-hydrogen) atoms. The van der Waals surface area contributed by atoms with Crippen molar-refractivity contribution < 1.29 is 9.13 Å². The van der Waals surface area contributed by atoms with Crippen molar-refractivity contribution in [1.29, 1.82) is 0 Å². The Kier molecular flexibility index (Phi) is 5.42. The van der Waals surface area contributed by atoms with Crippen LogP contribution in [0.25, 0.3) is 0 Å². The minimum Gasteiger partial charge on any atom is -0.377 e. The molecule has 1 fully saturated rings. The smallest absolute Gasteiger partial charge is 0.141 e. The van der Waals surface area contributed by atoms with Gasteiger partial charge in [0, 0.05) is 13.1 Å². The normalized spacial score (nSPS) is 16.3. The quantitative estimate of drug-likeness (QED) is 0.799. The first-order chi connectivity index (χ1) is 8.75. The van der Waals surface area contributed by atoms with Gasteiger partial charge in [0.05, 0.1) is 17.7 Å². The topological polar surface area (TPSA) is 21.3 Å². The molecule has 0 atom stereocenters. The molecule has 0 bridgehead atoms. The van der Waals surface area contributed by atoms with Crippen molar-refractivity contribution in [2.75, 3.05) is 13.2 Å². The Morgan fingerprint density at radius 1 is 1.33 bits per heavy atom. The molecule has 1 saturated carbocycles. The van der Waals surface area contributed by atoms with Crippen LogP contribution in [0.1, 0.15) is 31.2 Å². The summed E-state index contributed by atoms with van der Waals surface area (Å²) in [6.07, 6.45) is 5.46. The lowest BCUT2D eigenvalue weighted by Gasteiger charge is -2.11. The van der Waals surface area contributed by atoms with Crippen LogP contribution in [0.3, 0.4) is 0 Å². The molecule has 4 heteroatoms. The number of nitrogens with one attached hydrogen (secondary N) is 1. The lowest BCUT2D eigenvalue weighted by Crippen LogP contribution is -2.21. The Bertz CT molecular complexity index is 380. The molecule has 1 aromatic carbocycles. The fraction of sp³-hybridized carbons (Fsp3) is 0.571. The highest BCUT2D eigenvalue weighted by Gasteiger charge is 2.14. The number of hydrogen-bond donors (Lipinski definition) is 1. The monoisotopic (exact) mass is 271 g/mol. The number of benzene rings is 1. The second-order valence-corrected chi connectivity index (χ2v) is 5.11. The number of rotatable bonds is 6. The minimum absolute atomic E-state index is 0.177. The summed E-state index contributed by atoms with van der Waals surface area (Å²) >= 11 is 5.71. The average molecular weight is 272 g/mol. The summed E-state index contributed by atoms with van der Waals surface area (Å²) in [7, 11) is 0. The molecule has 100 valence electrons. The molecule has 2 nitrogen and oxygen atoms in total. The van der Waals surface area contributed by atoms with Gasteiger partial charge in [0.2, 0.25) is 0 Å². The summed E-state index contributed by atoms with van der Waals surface area (Å²) in [5, 5.41) is 3.44. The fourth-order valence-corrected chi connectivity index (χ4v) is 2.44.